The second-order valence-electron chi connectivity index (χ2n) is 7.27. The normalized spacial score (nSPS) is 26.8. The van der Waals surface area contributed by atoms with Gasteiger partial charge in [-0.3, -0.25) is 9.69 Å². The van der Waals surface area contributed by atoms with Gasteiger partial charge in [0.15, 0.2) is 0 Å². The maximum Gasteiger partial charge on any atom is 0.246 e. The molecular formula is C20H30N2O3S. The first-order valence-electron chi connectivity index (χ1n) is 9.43. The maximum atomic E-state index is 12.1. The topological polar surface area (TPSA) is 50.8 Å². The summed E-state index contributed by atoms with van der Waals surface area (Å²) in [5.41, 5.74) is 1.06. The second kappa shape index (κ2) is 9.22. The standard InChI is InChI=1S/C20H30N2O3S/c1-24-14-19(23)21-18-5-3-4-10-20(18)15-22(11-12-25-20)13-16-6-8-17(26-2)9-7-16/h6-9,18H,3-5,10-15H2,1-2H3,(H,21,23)/t18-,20+/m0/s1. The van der Waals surface area contributed by atoms with Crippen molar-refractivity contribution in [3.63, 3.8) is 0 Å². The molecule has 2 atom stereocenters. The van der Waals surface area contributed by atoms with Crippen LogP contribution in [0.5, 0.6) is 0 Å². The van der Waals surface area contributed by atoms with E-state index in [-0.39, 0.29) is 24.2 Å². The molecule has 1 amide bonds. The summed E-state index contributed by atoms with van der Waals surface area (Å²) in [7, 11) is 1.55. The Balaban J connectivity index is 1.66. The predicted octanol–water partition coefficient (Wildman–Crippen LogP) is 2.68. The smallest absolute Gasteiger partial charge is 0.246 e. The van der Waals surface area contributed by atoms with Gasteiger partial charge in [0.1, 0.15) is 12.2 Å². The summed E-state index contributed by atoms with van der Waals surface area (Å²) < 4.78 is 11.3. The van der Waals surface area contributed by atoms with Crippen molar-refractivity contribution in [1.82, 2.24) is 10.2 Å². The molecule has 1 aliphatic carbocycles. The third-order valence-electron chi connectivity index (χ3n) is 5.44. The van der Waals surface area contributed by atoms with E-state index in [0.717, 1.165) is 51.9 Å². The first kappa shape index (κ1) is 19.7. The van der Waals surface area contributed by atoms with Crippen LogP contribution in [0.1, 0.15) is 31.2 Å². The van der Waals surface area contributed by atoms with Gasteiger partial charge >= 0.3 is 0 Å². The van der Waals surface area contributed by atoms with Crippen molar-refractivity contribution >= 4 is 17.7 Å². The molecule has 2 aliphatic rings. The molecule has 0 unspecified atom stereocenters. The molecule has 1 heterocycles. The molecule has 0 aromatic heterocycles. The first-order valence-corrected chi connectivity index (χ1v) is 10.7. The van der Waals surface area contributed by atoms with Crippen LogP contribution in [0.3, 0.4) is 0 Å². The molecule has 1 N–H and O–H groups in total. The van der Waals surface area contributed by atoms with Gasteiger partial charge in [0, 0.05) is 31.6 Å². The Hall–Kier alpha value is -1.08. The SMILES string of the molecule is COCC(=O)N[C@H]1CCCC[C@@]12CN(Cc1ccc(SC)cc1)CCO2. The van der Waals surface area contributed by atoms with E-state index >= 15 is 0 Å². The van der Waals surface area contributed by atoms with Crippen molar-refractivity contribution < 1.29 is 14.3 Å². The lowest BCUT2D eigenvalue weighted by Crippen LogP contribution is -2.64. The number of carbonyl (C=O) groups is 1. The Morgan fingerprint density at radius 3 is 2.92 bits per heavy atom. The minimum Gasteiger partial charge on any atom is -0.375 e. The van der Waals surface area contributed by atoms with Crippen molar-refractivity contribution in [3.8, 4) is 0 Å². The summed E-state index contributed by atoms with van der Waals surface area (Å²) in [6, 6.07) is 8.87. The number of morpholine rings is 1. The highest BCUT2D eigenvalue weighted by Gasteiger charge is 2.45. The molecular weight excluding hydrogens is 348 g/mol. The van der Waals surface area contributed by atoms with Crippen LogP contribution in [0.2, 0.25) is 0 Å². The number of hydrogen-bond acceptors (Lipinski definition) is 5. The number of ether oxygens (including phenoxy) is 2. The molecule has 1 aromatic carbocycles. The number of carbonyl (C=O) groups excluding carboxylic acids is 1. The van der Waals surface area contributed by atoms with Gasteiger partial charge in [-0.1, -0.05) is 25.0 Å². The lowest BCUT2D eigenvalue weighted by atomic mass is 9.78. The number of methoxy groups -OCH3 is 1. The van der Waals surface area contributed by atoms with Gasteiger partial charge in [-0.2, -0.15) is 0 Å². The highest BCUT2D eigenvalue weighted by Crippen LogP contribution is 2.35. The number of thioether (sulfide) groups is 1. The summed E-state index contributed by atoms with van der Waals surface area (Å²) in [4.78, 5) is 15.8. The molecule has 144 valence electrons. The van der Waals surface area contributed by atoms with Crippen LogP contribution in [0.4, 0.5) is 0 Å². The van der Waals surface area contributed by atoms with Gasteiger partial charge in [0.25, 0.3) is 0 Å². The van der Waals surface area contributed by atoms with Crippen LogP contribution in [0, 0.1) is 0 Å². The van der Waals surface area contributed by atoms with Gasteiger partial charge in [0.2, 0.25) is 5.91 Å². The molecule has 1 spiro atoms. The Labute approximate surface area is 160 Å². The summed E-state index contributed by atoms with van der Waals surface area (Å²) in [6.45, 7) is 3.57. The second-order valence-corrected chi connectivity index (χ2v) is 8.15. The van der Waals surface area contributed by atoms with Gasteiger partial charge in [-0.15, -0.1) is 11.8 Å². The van der Waals surface area contributed by atoms with Crippen LogP contribution in [-0.4, -0.2) is 62.1 Å². The Bertz CT molecular complexity index is 591. The monoisotopic (exact) mass is 378 g/mol. The fourth-order valence-electron chi connectivity index (χ4n) is 4.15. The molecule has 5 nitrogen and oxygen atoms in total. The lowest BCUT2D eigenvalue weighted by Gasteiger charge is -2.49. The number of nitrogens with zero attached hydrogens (tertiary/aromatic N) is 1. The van der Waals surface area contributed by atoms with E-state index in [0.29, 0.717) is 0 Å². The number of nitrogens with one attached hydrogen (secondary N) is 1. The van der Waals surface area contributed by atoms with Crippen LogP contribution >= 0.6 is 11.8 Å². The highest BCUT2D eigenvalue weighted by atomic mass is 32.2. The number of benzene rings is 1. The zero-order valence-corrected chi connectivity index (χ0v) is 16.6. The molecule has 0 bridgehead atoms. The Morgan fingerprint density at radius 1 is 1.38 bits per heavy atom. The first-order chi connectivity index (χ1) is 12.6. The third kappa shape index (κ3) is 4.80. The predicted molar refractivity (Wildman–Crippen MR) is 104 cm³/mol. The molecule has 0 radical (unpaired) electrons. The largest absolute Gasteiger partial charge is 0.375 e. The lowest BCUT2D eigenvalue weighted by molar-refractivity contribution is -0.152. The zero-order chi connectivity index (χ0) is 18.4. The molecule has 1 saturated carbocycles. The van der Waals surface area contributed by atoms with E-state index < -0.39 is 0 Å². The Morgan fingerprint density at radius 2 is 2.19 bits per heavy atom. The summed E-state index contributed by atoms with van der Waals surface area (Å²) in [6.07, 6.45) is 6.38. The number of hydrogen-bond donors (Lipinski definition) is 1. The van der Waals surface area contributed by atoms with Crippen LogP contribution in [0.15, 0.2) is 29.2 Å². The molecule has 1 saturated heterocycles. The molecule has 6 heteroatoms. The van der Waals surface area contributed by atoms with Gasteiger partial charge in [0.05, 0.1) is 12.6 Å². The van der Waals surface area contributed by atoms with E-state index in [1.54, 1.807) is 18.9 Å². The quantitative estimate of drug-likeness (QED) is 0.772. The summed E-state index contributed by atoms with van der Waals surface area (Å²) >= 11 is 1.77. The van der Waals surface area contributed by atoms with E-state index in [9.17, 15) is 4.79 Å². The average molecular weight is 379 g/mol. The van der Waals surface area contributed by atoms with E-state index in [1.165, 1.54) is 10.5 Å². The minimum atomic E-state index is -0.265. The highest BCUT2D eigenvalue weighted by molar-refractivity contribution is 7.98. The number of rotatable bonds is 6. The summed E-state index contributed by atoms with van der Waals surface area (Å²) in [5.74, 6) is -0.0489. The van der Waals surface area contributed by atoms with Crippen LogP contribution < -0.4 is 5.32 Å². The van der Waals surface area contributed by atoms with Crippen molar-refractivity contribution in [2.24, 2.45) is 0 Å². The fraction of sp³-hybridized carbons (Fsp3) is 0.650. The maximum absolute atomic E-state index is 12.1. The van der Waals surface area contributed by atoms with Crippen LogP contribution in [-0.2, 0) is 20.8 Å². The molecule has 2 fully saturated rings. The van der Waals surface area contributed by atoms with Crippen molar-refractivity contribution in [2.75, 3.05) is 39.7 Å². The van der Waals surface area contributed by atoms with Crippen molar-refractivity contribution in [3.05, 3.63) is 29.8 Å². The van der Waals surface area contributed by atoms with Gasteiger partial charge in [-0.05, 0) is 36.8 Å². The molecule has 3 rings (SSSR count). The van der Waals surface area contributed by atoms with E-state index in [1.807, 2.05) is 0 Å². The zero-order valence-electron chi connectivity index (χ0n) is 15.8. The van der Waals surface area contributed by atoms with E-state index in [4.69, 9.17) is 9.47 Å². The van der Waals surface area contributed by atoms with Crippen molar-refractivity contribution in [2.45, 2.75) is 48.8 Å². The average Bonchev–Trinajstić information content (AvgIpc) is 2.65. The molecule has 26 heavy (non-hydrogen) atoms. The van der Waals surface area contributed by atoms with Gasteiger partial charge in [-0.25, -0.2) is 0 Å². The third-order valence-corrected chi connectivity index (χ3v) is 6.19. The molecule has 1 aliphatic heterocycles. The van der Waals surface area contributed by atoms with Crippen LogP contribution in [0.25, 0.3) is 0 Å². The van der Waals surface area contributed by atoms with Gasteiger partial charge < -0.3 is 14.8 Å². The molecule has 1 aromatic rings. The summed E-state index contributed by atoms with van der Waals surface area (Å²) in [5, 5.41) is 3.16. The number of amides is 1. The van der Waals surface area contributed by atoms with E-state index in [2.05, 4.69) is 40.7 Å². The minimum absolute atomic E-state index is 0.0489. The fourth-order valence-corrected chi connectivity index (χ4v) is 4.56. The van der Waals surface area contributed by atoms with Crippen molar-refractivity contribution in [1.29, 1.82) is 0 Å². The Kier molecular flexibility index (Phi) is 6.98.